The zero-order valence-corrected chi connectivity index (χ0v) is 10.7. The monoisotopic (exact) mass is 248 g/mol. The molecule has 0 radical (unpaired) electrons. The molecule has 1 heterocycles. The molecule has 0 aromatic heterocycles. The molecule has 96 valence electrons. The van der Waals surface area contributed by atoms with Crippen molar-refractivity contribution in [1.82, 2.24) is 0 Å². The Hall–Kier alpha value is -1.68. The van der Waals surface area contributed by atoms with Gasteiger partial charge in [-0.1, -0.05) is 5.57 Å². The van der Waals surface area contributed by atoms with Crippen molar-refractivity contribution in [2.75, 3.05) is 13.2 Å². The number of hydrogen-bond acceptors (Lipinski definition) is 3. The predicted octanol–water partition coefficient (Wildman–Crippen LogP) is 3.40. The van der Waals surface area contributed by atoms with E-state index in [1.165, 1.54) is 5.57 Å². The quantitative estimate of drug-likeness (QED) is 0.466. The van der Waals surface area contributed by atoms with Crippen LogP contribution < -0.4 is 4.74 Å². The van der Waals surface area contributed by atoms with Crippen LogP contribution in [0.4, 0.5) is 5.69 Å². The molecule has 1 aliphatic heterocycles. The lowest BCUT2D eigenvalue weighted by molar-refractivity contribution is -0.0880. The second-order valence-electron chi connectivity index (χ2n) is 4.37. The summed E-state index contributed by atoms with van der Waals surface area (Å²) < 4.78 is 10.00. The van der Waals surface area contributed by atoms with E-state index >= 15 is 0 Å². The topological polar surface area (TPSA) is 51.5 Å². The Morgan fingerprint density at radius 1 is 1.50 bits per heavy atom. The molecule has 1 unspecified atom stereocenters. The van der Waals surface area contributed by atoms with E-state index in [1.807, 2.05) is 19.1 Å². The van der Waals surface area contributed by atoms with Gasteiger partial charge in [-0.3, -0.25) is 0 Å². The molecule has 0 bridgehead atoms. The van der Waals surface area contributed by atoms with Gasteiger partial charge in [0.1, 0.15) is 18.0 Å². The fourth-order valence-electron chi connectivity index (χ4n) is 2.05. The van der Waals surface area contributed by atoms with Crippen molar-refractivity contribution in [1.29, 1.82) is 0 Å². The highest BCUT2D eigenvalue weighted by Gasteiger charge is 2.20. The lowest BCUT2D eigenvalue weighted by atomic mass is 10.0. The summed E-state index contributed by atoms with van der Waals surface area (Å²) >= 11 is 0. The second-order valence-corrected chi connectivity index (χ2v) is 4.37. The average molecular weight is 248 g/mol. The van der Waals surface area contributed by atoms with Gasteiger partial charge in [0.05, 0.1) is 6.61 Å². The Morgan fingerprint density at radius 3 is 3.00 bits per heavy atom. The third kappa shape index (κ3) is 2.76. The Labute approximate surface area is 107 Å². The number of ether oxygens (including phenoxy) is 2. The summed E-state index contributed by atoms with van der Waals surface area (Å²) in [7, 11) is 0. The Kier molecular flexibility index (Phi) is 4.10. The van der Waals surface area contributed by atoms with Crippen LogP contribution in [-0.4, -0.2) is 18.0 Å². The number of aliphatic hydroxyl groups is 2. The van der Waals surface area contributed by atoms with Crippen molar-refractivity contribution in [3.63, 3.8) is 0 Å². The third-order valence-electron chi connectivity index (χ3n) is 3.00. The van der Waals surface area contributed by atoms with E-state index in [4.69, 9.17) is 4.74 Å². The molecule has 1 aliphatic rings. The molecule has 18 heavy (non-hydrogen) atoms. The van der Waals surface area contributed by atoms with Crippen LogP contribution >= 0.6 is 0 Å². The molecule has 0 saturated carbocycles. The summed E-state index contributed by atoms with van der Waals surface area (Å²) in [5, 5.41) is 2.97. The average Bonchev–Trinajstić information content (AvgIpc) is 2.39. The summed E-state index contributed by atoms with van der Waals surface area (Å²) in [4.78, 5) is 10.7. The van der Waals surface area contributed by atoms with Crippen molar-refractivity contribution in [2.24, 2.45) is 5.18 Å². The lowest BCUT2D eigenvalue weighted by Gasteiger charge is -2.18. The minimum absolute atomic E-state index is 0.0682. The van der Waals surface area contributed by atoms with Crippen molar-refractivity contribution in [3.05, 3.63) is 40.3 Å². The van der Waals surface area contributed by atoms with Crippen molar-refractivity contribution < 1.29 is 9.47 Å². The summed E-state index contributed by atoms with van der Waals surface area (Å²) in [6.45, 7) is 5.37. The first kappa shape index (κ1) is 12.8. The molecular formula is C14H18NO3+. The van der Waals surface area contributed by atoms with Gasteiger partial charge in [0.2, 0.25) is 6.10 Å². The Balaban J connectivity index is 2.31. The molecule has 1 aromatic carbocycles. The van der Waals surface area contributed by atoms with E-state index in [0.29, 0.717) is 18.0 Å². The number of nitrogens with zero attached hydrogens (tertiary/aromatic N) is 1. The minimum Gasteiger partial charge on any atom is -0.491 e. The van der Waals surface area contributed by atoms with Gasteiger partial charge < -0.3 is 9.47 Å². The van der Waals surface area contributed by atoms with Gasteiger partial charge in [-0.25, -0.2) is 0 Å². The molecule has 0 amide bonds. The van der Waals surface area contributed by atoms with Crippen molar-refractivity contribution in [3.8, 4) is 5.75 Å². The highest BCUT2D eigenvalue weighted by atomic mass is 16.5. The molecule has 1 atom stereocenters. The largest absolute Gasteiger partial charge is 0.491 e. The first-order valence-corrected chi connectivity index (χ1v) is 6.18. The van der Waals surface area contributed by atoms with Gasteiger partial charge in [0.15, 0.2) is 0 Å². The molecular weight excluding hydrogens is 230 g/mol. The molecule has 1 N–H and O–H groups in total. The zero-order chi connectivity index (χ0) is 13.0. The minimum atomic E-state index is 0.0682. The molecule has 0 aliphatic carbocycles. The molecule has 2 rings (SSSR count). The highest BCUT2D eigenvalue weighted by molar-refractivity contribution is 5.54. The summed E-state index contributed by atoms with van der Waals surface area (Å²) in [5.74, 6) is 0.539. The standard InChI is InChI=1S/C14H17NO3/c1-3-17-14-9-11(4-5-12(14)15-16)13-8-10(2)6-7-18-13/h4-5,8-9,13H,3,6-7H2,1-2H3/p+1. The molecule has 0 saturated heterocycles. The van der Waals surface area contributed by atoms with Crippen LogP contribution in [0, 0.1) is 4.91 Å². The van der Waals surface area contributed by atoms with Gasteiger partial charge in [-0.15, -0.1) is 4.91 Å². The molecule has 1 aromatic rings. The summed E-state index contributed by atoms with van der Waals surface area (Å²) in [5.41, 5.74) is 2.74. The number of hydrogen-bond donors (Lipinski definition) is 0. The first-order chi connectivity index (χ1) is 8.74. The number of rotatable bonds is 4. The Morgan fingerprint density at radius 2 is 2.33 bits per heavy atom. The maximum absolute atomic E-state index is 10.7. The van der Waals surface area contributed by atoms with Crippen LogP contribution in [0.1, 0.15) is 31.9 Å². The normalized spacial score (nSPS) is 19.2. The zero-order valence-electron chi connectivity index (χ0n) is 10.7. The second kappa shape index (κ2) is 5.78. The van der Waals surface area contributed by atoms with Crippen LogP contribution in [0.3, 0.4) is 0 Å². The summed E-state index contributed by atoms with van der Waals surface area (Å²) in [6, 6.07) is 5.45. The van der Waals surface area contributed by atoms with Crippen molar-refractivity contribution in [2.45, 2.75) is 26.4 Å². The van der Waals surface area contributed by atoms with Gasteiger partial charge >= 0.3 is 0 Å². The van der Waals surface area contributed by atoms with Crippen LogP contribution in [0.2, 0.25) is 0 Å². The van der Waals surface area contributed by atoms with Crippen LogP contribution in [0.5, 0.6) is 5.75 Å². The number of benzene rings is 1. The van der Waals surface area contributed by atoms with Gasteiger partial charge in [0, 0.05) is 12.0 Å². The third-order valence-corrected chi connectivity index (χ3v) is 3.00. The predicted molar refractivity (Wildman–Crippen MR) is 71.3 cm³/mol. The van der Waals surface area contributed by atoms with Gasteiger partial charge in [-0.05, 0) is 43.3 Å². The molecule has 4 heteroatoms. The SMILES string of the molecule is CCOc1cc(C2C=C(C)CC[OH+]2)ccc1N=O. The summed E-state index contributed by atoms with van der Waals surface area (Å²) in [6.07, 6.45) is 3.25. The van der Waals surface area contributed by atoms with Crippen LogP contribution in [-0.2, 0) is 0 Å². The smallest absolute Gasteiger partial charge is 0.200 e. The van der Waals surface area contributed by atoms with E-state index < -0.39 is 0 Å². The van der Waals surface area contributed by atoms with E-state index in [2.05, 4.69) is 22.9 Å². The maximum Gasteiger partial charge on any atom is 0.200 e. The molecule has 0 fully saturated rings. The molecule has 0 spiro atoms. The van der Waals surface area contributed by atoms with Crippen molar-refractivity contribution >= 4 is 5.69 Å². The van der Waals surface area contributed by atoms with E-state index in [-0.39, 0.29) is 6.10 Å². The highest BCUT2D eigenvalue weighted by Crippen LogP contribution is 2.33. The van der Waals surface area contributed by atoms with E-state index in [0.717, 1.165) is 18.6 Å². The van der Waals surface area contributed by atoms with Gasteiger partial charge in [0.25, 0.3) is 0 Å². The maximum atomic E-state index is 10.7. The Bertz CT molecular complexity index is 468. The van der Waals surface area contributed by atoms with Gasteiger partial charge in [-0.2, -0.15) is 0 Å². The fourth-order valence-corrected chi connectivity index (χ4v) is 2.05. The molecule has 4 nitrogen and oxygen atoms in total. The first-order valence-electron chi connectivity index (χ1n) is 6.18. The lowest BCUT2D eigenvalue weighted by Crippen LogP contribution is -2.13. The van der Waals surface area contributed by atoms with Crippen LogP contribution in [0.15, 0.2) is 35.0 Å². The fraction of sp³-hybridized carbons (Fsp3) is 0.429. The number of nitroso groups, excluding NO2 is 1. The van der Waals surface area contributed by atoms with E-state index in [9.17, 15) is 4.91 Å². The van der Waals surface area contributed by atoms with Crippen LogP contribution in [0.25, 0.3) is 0 Å². The van der Waals surface area contributed by atoms with E-state index in [1.54, 1.807) is 6.07 Å².